The molecular formula is C20H16BrN3. The number of benzene rings is 2. The summed E-state index contributed by atoms with van der Waals surface area (Å²) in [5, 5.41) is 0. The summed E-state index contributed by atoms with van der Waals surface area (Å²) in [5.74, 6) is 0.873. The summed E-state index contributed by atoms with van der Waals surface area (Å²) in [7, 11) is 0. The first-order valence-electron chi connectivity index (χ1n) is 7.87. The van der Waals surface area contributed by atoms with Crippen molar-refractivity contribution in [2.45, 2.75) is 13.0 Å². The van der Waals surface area contributed by atoms with Crippen LogP contribution in [0.25, 0.3) is 11.4 Å². The van der Waals surface area contributed by atoms with Crippen LogP contribution >= 0.6 is 15.9 Å². The van der Waals surface area contributed by atoms with Gasteiger partial charge in [0, 0.05) is 29.8 Å². The zero-order chi connectivity index (χ0) is 16.4. The van der Waals surface area contributed by atoms with Crippen LogP contribution in [0.3, 0.4) is 0 Å². The van der Waals surface area contributed by atoms with Crippen molar-refractivity contribution >= 4 is 15.9 Å². The lowest BCUT2D eigenvalue weighted by atomic mass is 10.1. The summed E-state index contributed by atoms with van der Waals surface area (Å²) < 4.78 is 3.24. The molecule has 0 N–H and O–H groups in total. The summed E-state index contributed by atoms with van der Waals surface area (Å²) in [5.41, 5.74) is 4.38. The van der Waals surface area contributed by atoms with Gasteiger partial charge in [0.25, 0.3) is 0 Å². The van der Waals surface area contributed by atoms with Crippen LogP contribution in [0.15, 0.2) is 77.5 Å². The second-order valence-corrected chi connectivity index (χ2v) is 6.73. The number of hydrogen-bond acceptors (Lipinski definition) is 2. The van der Waals surface area contributed by atoms with Crippen LogP contribution in [0.4, 0.5) is 0 Å². The van der Waals surface area contributed by atoms with Gasteiger partial charge in [0.15, 0.2) is 0 Å². The Balaban J connectivity index is 1.57. The Morgan fingerprint density at radius 2 is 1.54 bits per heavy atom. The predicted octanol–water partition coefficient (Wildman–Crippen LogP) is 4.78. The second kappa shape index (κ2) is 6.57. The summed E-state index contributed by atoms with van der Waals surface area (Å²) in [6.07, 6.45) is 4.90. The summed E-state index contributed by atoms with van der Waals surface area (Å²) in [6.45, 7) is 0.824. The van der Waals surface area contributed by atoms with E-state index in [0.29, 0.717) is 0 Å². The first-order valence-corrected chi connectivity index (χ1v) is 8.66. The Morgan fingerprint density at radius 3 is 2.33 bits per heavy atom. The molecule has 0 bridgehead atoms. The maximum Gasteiger partial charge on any atom is 0.134 e. The smallest absolute Gasteiger partial charge is 0.134 e. The van der Waals surface area contributed by atoms with E-state index in [-0.39, 0.29) is 0 Å². The molecule has 0 fully saturated rings. The second-order valence-electron chi connectivity index (χ2n) is 5.82. The van der Waals surface area contributed by atoms with E-state index >= 15 is 0 Å². The molecule has 2 aromatic carbocycles. The molecule has 0 aliphatic carbocycles. The number of fused-ring (bicyclic) bond motifs is 1. The Hall–Kier alpha value is -2.46. The maximum absolute atomic E-state index is 4.68. The summed E-state index contributed by atoms with van der Waals surface area (Å²) >= 11 is 3.47. The molecule has 0 radical (unpaired) electrons. The molecule has 0 aromatic heterocycles. The lowest BCUT2D eigenvalue weighted by Gasteiger charge is -2.08. The van der Waals surface area contributed by atoms with Gasteiger partial charge in [-0.1, -0.05) is 58.4 Å². The van der Waals surface area contributed by atoms with Crippen LogP contribution in [0, 0.1) is 0 Å². The number of halogens is 1. The molecule has 3 nitrogen and oxygen atoms in total. The van der Waals surface area contributed by atoms with Gasteiger partial charge in [-0.2, -0.15) is 0 Å². The van der Waals surface area contributed by atoms with Crippen molar-refractivity contribution in [2.75, 3.05) is 0 Å². The molecule has 4 heteroatoms. The minimum absolute atomic E-state index is 0.766. The number of hydrogen-bond donors (Lipinski definition) is 0. The van der Waals surface area contributed by atoms with Crippen LogP contribution < -0.4 is 0 Å². The van der Waals surface area contributed by atoms with Crippen LogP contribution in [0.1, 0.15) is 17.0 Å². The van der Waals surface area contributed by atoms with E-state index in [0.717, 1.165) is 34.7 Å². The maximum atomic E-state index is 4.68. The van der Waals surface area contributed by atoms with Crippen molar-refractivity contribution in [2.24, 2.45) is 0 Å². The zero-order valence-electron chi connectivity index (χ0n) is 13.1. The molecule has 118 valence electrons. The standard InChI is InChI=1S/C20H16BrN3/c21-17-8-6-16(7-9-17)13-24-11-10-18-19(14-24)23-20(22-18)12-15-4-2-1-3-5-15/h1-11,14H,12-13H2. The Morgan fingerprint density at radius 1 is 0.792 bits per heavy atom. The number of imidazole rings is 1. The number of aromatic nitrogens is 3. The number of rotatable bonds is 4. The molecule has 0 atom stereocenters. The van der Waals surface area contributed by atoms with Gasteiger partial charge in [0.1, 0.15) is 11.5 Å². The SMILES string of the molecule is Brc1ccc(Cn2ccc3nc(Cc4ccccc4)nc-3c2)cc1. The van der Waals surface area contributed by atoms with Gasteiger partial charge in [0.05, 0.1) is 5.69 Å². The minimum atomic E-state index is 0.766. The molecule has 2 aliphatic heterocycles. The van der Waals surface area contributed by atoms with Gasteiger partial charge in [0.2, 0.25) is 0 Å². The highest BCUT2D eigenvalue weighted by Crippen LogP contribution is 2.20. The highest BCUT2D eigenvalue weighted by molar-refractivity contribution is 9.10. The van der Waals surface area contributed by atoms with Crippen LogP contribution in [0.5, 0.6) is 0 Å². The Labute approximate surface area is 149 Å². The monoisotopic (exact) mass is 377 g/mol. The van der Waals surface area contributed by atoms with Crippen molar-refractivity contribution in [1.29, 1.82) is 0 Å². The van der Waals surface area contributed by atoms with E-state index < -0.39 is 0 Å². The molecule has 2 aromatic rings. The summed E-state index contributed by atoms with van der Waals surface area (Å²) in [6, 6.07) is 20.7. The van der Waals surface area contributed by atoms with Crippen molar-refractivity contribution in [3.8, 4) is 11.4 Å². The fraction of sp³-hybridized carbons (Fsp3) is 0.100. The van der Waals surface area contributed by atoms with Crippen molar-refractivity contribution in [1.82, 2.24) is 14.5 Å². The Bertz CT molecular complexity index is 913. The highest BCUT2D eigenvalue weighted by Gasteiger charge is 2.11. The fourth-order valence-corrected chi connectivity index (χ4v) is 3.02. The van der Waals surface area contributed by atoms with Gasteiger partial charge in [-0.3, -0.25) is 0 Å². The molecule has 0 spiro atoms. The van der Waals surface area contributed by atoms with E-state index in [9.17, 15) is 0 Å². The molecule has 0 amide bonds. The molecule has 0 saturated heterocycles. The van der Waals surface area contributed by atoms with E-state index in [1.165, 1.54) is 11.1 Å². The van der Waals surface area contributed by atoms with Gasteiger partial charge in [-0.05, 0) is 29.3 Å². The molecule has 24 heavy (non-hydrogen) atoms. The van der Waals surface area contributed by atoms with Crippen LogP contribution in [-0.4, -0.2) is 14.5 Å². The lowest BCUT2D eigenvalue weighted by molar-refractivity contribution is 0.789. The van der Waals surface area contributed by atoms with Gasteiger partial charge >= 0.3 is 0 Å². The Kier molecular flexibility index (Phi) is 4.13. The number of pyridine rings is 1. The molecule has 4 rings (SSSR count). The predicted molar refractivity (Wildman–Crippen MR) is 99.1 cm³/mol. The molecule has 2 aliphatic rings. The van der Waals surface area contributed by atoms with Crippen molar-refractivity contribution in [3.05, 3.63) is 94.5 Å². The molecule has 2 heterocycles. The molecule has 0 unspecified atom stereocenters. The molecule has 0 saturated carbocycles. The van der Waals surface area contributed by atoms with Gasteiger partial charge in [-0.25, -0.2) is 9.97 Å². The van der Waals surface area contributed by atoms with E-state index in [1.54, 1.807) is 0 Å². The van der Waals surface area contributed by atoms with E-state index in [1.807, 2.05) is 24.3 Å². The van der Waals surface area contributed by atoms with Gasteiger partial charge in [-0.15, -0.1) is 0 Å². The third-order valence-electron chi connectivity index (χ3n) is 3.96. The topological polar surface area (TPSA) is 30.7 Å². The first kappa shape index (κ1) is 15.1. The fourth-order valence-electron chi connectivity index (χ4n) is 2.76. The molecular weight excluding hydrogens is 362 g/mol. The van der Waals surface area contributed by atoms with Crippen molar-refractivity contribution < 1.29 is 0 Å². The summed E-state index contributed by atoms with van der Waals surface area (Å²) in [4.78, 5) is 9.32. The minimum Gasteiger partial charge on any atom is -0.348 e. The lowest BCUT2D eigenvalue weighted by Crippen LogP contribution is -2.00. The third-order valence-corrected chi connectivity index (χ3v) is 4.49. The largest absolute Gasteiger partial charge is 0.348 e. The van der Waals surface area contributed by atoms with Crippen molar-refractivity contribution in [3.63, 3.8) is 0 Å². The van der Waals surface area contributed by atoms with Crippen LogP contribution in [-0.2, 0) is 13.0 Å². The van der Waals surface area contributed by atoms with Gasteiger partial charge < -0.3 is 4.57 Å². The zero-order valence-corrected chi connectivity index (χ0v) is 14.6. The average Bonchev–Trinajstić information content (AvgIpc) is 2.99. The normalized spacial score (nSPS) is 11.0. The average molecular weight is 378 g/mol. The third kappa shape index (κ3) is 3.39. The van der Waals surface area contributed by atoms with E-state index in [2.05, 4.69) is 79.3 Å². The highest BCUT2D eigenvalue weighted by atomic mass is 79.9. The first-order chi connectivity index (χ1) is 11.8. The number of nitrogens with zero attached hydrogens (tertiary/aromatic N) is 3. The van der Waals surface area contributed by atoms with Crippen LogP contribution in [0.2, 0.25) is 0 Å². The quantitative estimate of drug-likeness (QED) is 0.512. The van der Waals surface area contributed by atoms with E-state index in [4.69, 9.17) is 0 Å².